The van der Waals surface area contributed by atoms with E-state index in [4.69, 9.17) is 0 Å². The Morgan fingerprint density at radius 2 is 2.06 bits per heavy atom. The van der Waals surface area contributed by atoms with Gasteiger partial charge in [0.1, 0.15) is 0 Å². The molecule has 1 saturated heterocycles. The maximum absolute atomic E-state index is 4.32. The van der Waals surface area contributed by atoms with Gasteiger partial charge in [0.05, 0.1) is 0 Å². The molecule has 0 aliphatic carbocycles. The molecule has 1 aliphatic rings. The molecule has 1 fully saturated rings. The van der Waals surface area contributed by atoms with Crippen LogP contribution in [-0.4, -0.2) is 36.1 Å². The molecule has 0 radical (unpaired) electrons. The molecule has 3 nitrogen and oxygen atoms in total. The number of hydrogen-bond donors (Lipinski definition) is 1. The fourth-order valence-electron chi connectivity index (χ4n) is 2.55. The molecule has 1 aromatic rings. The SMILES string of the molecule is CC(C)C[C@@H](c1cncc(Br)c1)N1CCNCC1. The van der Waals surface area contributed by atoms with E-state index in [0.717, 1.165) is 30.7 Å². The highest BCUT2D eigenvalue weighted by Gasteiger charge is 2.23. The van der Waals surface area contributed by atoms with Crippen molar-refractivity contribution in [2.75, 3.05) is 26.2 Å². The smallest absolute Gasteiger partial charge is 0.0410 e. The second-order valence-corrected chi connectivity index (χ2v) is 6.28. The lowest BCUT2D eigenvalue weighted by molar-refractivity contribution is 0.154. The zero-order valence-corrected chi connectivity index (χ0v) is 12.8. The summed E-state index contributed by atoms with van der Waals surface area (Å²) in [5.41, 5.74) is 1.33. The predicted octanol–water partition coefficient (Wildman–Crippen LogP) is 2.84. The Morgan fingerprint density at radius 1 is 1.33 bits per heavy atom. The van der Waals surface area contributed by atoms with Crippen LogP contribution in [0.4, 0.5) is 0 Å². The Morgan fingerprint density at radius 3 is 2.67 bits per heavy atom. The highest BCUT2D eigenvalue weighted by molar-refractivity contribution is 9.10. The van der Waals surface area contributed by atoms with Crippen molar-refractivity contribution in [3.05, 3.63) is 28.5 Å². The first-order valence-corrected chi connectivity index (χ1v) is 7.51. The van der Waals surface area contributed by atoms with Crippen molar-refractivity contribution in [1.29, 1.82) is 0 Å². The number of halogens is 1. The van der Waals surface area contributed by atoms with Gasteiger partial charge in [0.2, 0.25) is 0 Å². The summed E-state index contributed by atoms with van der Waals surface area (Å²) in [6, 6.07) is 2.71. The van der Waals surface area contributed by atoms with Crippen LogP contribution in [0.25, 0.3) is 0 Å². The van der Waals surface area contributed by atoms with E-state index in [-0.39, 0.29) is 0 Å². The third-order valence-electron chi connectivity index (χ3n) is 3.40. The molecule has 0 amide bonds. The van der Waals surface area contributed by atoms with Crippen LogP contribution >= 0.6 is 15.9 Å². The quantitative estimate of drug-likeness (QED) is 0.927. The summed E-state index contributed by atoms with van der Waals surface area (Å²) in [5, 5.41) is 3.42. The number of pyridine rings is 1. The molecule has 2 rings (SSSR count). The van der Waals surface area contributed by atoms with Gasteiger partial charge in [0.25, 0.3) is 0 Å². The van der Waals surface area contributed by atoms with E-state index in [0.29, 0.717) is 12.0 Å². The van der Waals surface area contributed by atoms with Crippen LogP contribution in [0.3, 0.4) is 0 Å². The number of nitrogens with zero attached hydrogens (tertiary/aromatic N) is 2. The molecule has 0 aromatic carbocycles. The summed E-state index contributed by atoms with van der Waals surface area (Å²) in [7, 11) is 0. The number of hydrogen-bond acceptors (Lipinski definition) is 3. The number of nitrogens with one attached hydrogen (secondary N) is 1. The van der Waals surface area contributed by atoms with Crippen LogP contribution in [0.5, 0.6) is 0 Å². The van der Waals surface area contributed by atoms with Crippen molar-refractivity contribution in [1.82, 2.24) is 15.2 Å². The predicted molar refractivity (Wildman–Crippen MR) is 78.6 cm³/mol. The lowest BCUT2D eigenvalue weighted by Gasteiger charge is -2.36. The average Bonchev–Trinajstić information content (AvgIpc) is 2.37. The Labute approximate surface area is 118 Å². The molecule has 1 N–H and O–H groups in total. The van der Waals surface area contributed by atoms with Gasteiger partial charge in [-0.1, -0.05) is 13.8 Å². The minimum absolute atomic E-state index is 0.497. The molecule has 1 aliphatic heterocycles. The van der Waals surface area contributed by atoms with Crippen molar-refractivity contribution in [2.24, 2.45) is 5.92 Å². The van der Waals surface area contributed by atoms with Crippen molar-refractivity contribution >= 4 is 15.9 Å². The summed E-state index contributed by atoms with van der Waals surface area (Å²) >= 11 is 3.53. The van der Waals surface area contributed by atoms with Crippen LogP contribution < -0.4 is 5.32 Å². The molecule has 1 aromatic heterocycles. The van der Waals surface area contributed by atoms with Gasteiger partial charge in [0.15, 0.2) is 0 Å². The van der Waals surface area contributed by atoms with Crippen molar-refractivity contribution in [3.63, 3.8) is 0 Å². The molecule has 100 valence electrons. The number of aromatic nitrogens is 1. The van der Waals surface area contributed by atoms with Gasteiger partial charge in [0, 0.05) is 49.1 Å². The first-order valence-electron chi connectivity index (χ1n) is 6.72. The number of piperazine rings is 1. The Bertz CT molecular complexity index is 375. The van der Waals surface area contributed by atoms with E-state index in [9.17, 15) is 0 Å². The first-order chi connectivity index (χ1) is 8.66. The van der Waals surface area contributed by atoms with E-state index < -0.39 is 0 Å². The van der Waals surface area contributed by atoms with E-state index in [1.807, 2.05) is 12.4 Å². The maximum atomic E-state index is 4.32. The van der Waals surface area contributed by atoms with E-state index in [1.165, 1.54) is 12.0 Å². The van der Waals surface area contributed by atoms with Crippen molar-refractivity contribution < 1.29 is 0 Å². The Kier molecular flexibility index (Phi) is 5.15. The monoisotopic (exact) mass is 311 g/mol. The van der Waals surface area contributed by atoms with Crippen LogP contribution in [-0.2, 0) is 0 Å². The van der Waals surface area contributed by atoms with Crippen LogP contribution in [0.2, 0.25) is 0 Å². The van der Waals surface area contributed by atoms with Gasteiger partial charge in [-0.25, -0.2) is 0 Å². The molecule has 0 bridgehead atoms. The van der Waals surface area contributed by atoms with Gasteiger partial charge in [-0.05, 0) is 39.9 Å². The van der Waals surface area contributed by atoms with Crippen LogP contribution in [0.1, 0.15) is 31.9 Å². The Hall–Kier alpha value is -0.450. The first kappa shape index (κ1) is 14.0. The summed E-state index contributed by atoms with van der Waals surface area (Å²) in [5.74, 6) is 0.698. The van der Waals surface area contributed by atoms with E-state index in [2.05, 4.69) is 51.0 Å². The fraction of sp³-hybridized carbons (Fsp3) is 0.643. The molecule has 2 heterocycles. The minimum atomic E-state index is 0.497. The van der Waals surface area contributed by atoms with Gasteiger partial charge in [-0.3, -0.25) is 9.88 Å². The highest BCUT2D eigenvalue weighted by Crippen LogP contribution is 2.29. The average molecular weight is 312 g/mol. The van der Waals surface area contributed by atoms with Gasteiger partial charge < -0.3 is 5.32 Å². The summed E-state index contributed by atoms with van der Waals surface area (Å²) in [6.07, 6.45) is 5.06. The maximum Gasteiger partial charge on any atom is 0.0410 e. The number of rotatable bonds is 4. The fourth-order valence-corrected chi connectivity index (χ4v) is 2.93. The third kappa shape index (κ3) is 3.77. The zero-order valence-electron chi connectivity index (χ0n) is 11.2. The normalized spacial score (nSPS) is 19.1. The molecule has 4 heteroatoms. The molecule has 1 atom stereocenters. The molecular weight excluding hydrogens is 290 g/mol. The standard InChI is InChI=1S/C14H22BrN3/c1-11(2)7-14(18-5-3-16-4-6-18)12-8-13(15)10-17-9-12/h8-11,14,16H,3-7H2,1-2H3/t14-/m0/s1. The van der Waals surface area contributed by atoms with Gasteiger partial charge in [-0.2, -0.15) is 0 Å². The molecule has 0 saturated carbocycles. The van der Waals surface area contributed by atoms with Gasteiger partial charge in [-0.15, -0.1) is 0 Å². The lowest BCUT2D eigenvalue weighted by Crippen LogP contribution is -2.45. The lowest BCUT2D eigenvalue weighted by atomic mass is 9.96. The Balaban J connectivity index is 2.18. The summed E-state index contributed by atoms with van der Waals surface area (Å²) in [6.45, 7) is 9.03. The topological polar surface area (TPSA) is 28.2 Å². The summed E-state index contributed by atoms with van der Waals surface area (Å²) < 4.78 is 1.07. The third-order valence-corrected chi connectivity index (χ3v) is 3.83. The van der Waals surface area contributed by atoms with E-state index in [1.54, 1.807) is 0 Å². The van der Waals surface area contributed by atoms with Crippen LogP contribution in [0.15, 0.2) is 22.9 Å². The second kappa shape index (κ2) is 6.64. The van der Waals surface area contributed by atoms with Gasteiger partial charge >= 0.3 is 0 Å². The molecule has 0 unspecified atom stereocenters. The molecule has 18 heavy (non-hydrogen) atoms. The second-order valence-electron chi connectivity index (χ2n) is 5.37. The molecular formula is C14H22BrN3. The summed E-state index contributed by atoms with van der Waals surface area (Å²) in [4.78, 5) is 6.90. The van der Waals surface area contributed by atoms with Crippen molar-refractivity contribution in [2.45, 2.75) is 26.3 Å². The molecule has 0 spiro atoms. The van der Waals surface area contributed by atoms with E-state index >= 15 is 0 Å². The largest absolute Gasteiger partial charge is 0.314 e. The van der Waals surface area contributed by atoms with Crippen molar-refractivity contribution in [3.8, 4) is 0 Å². The van der Waals surface area contributed by atoms with Crippen LogP contribution in [0, 0.1) is 5.92 Å². The zero-order chi connectivity index (χ0) is 13.0. The minimum Gasteiger partial charge on any atom is -0.314 e. The highest BCUT2D eigenvalue weighted by atomic mass is 79.9.